The van der Waals surface area contributed by atoms with Crippen LogP contribution in [0.25, 0.3) is 10.1 Å². The summed E-state index contributed by atoms with van der Waals surface area (Å²) in [6, 6.07) is 9.94. The van der Waals surface area contributed by atoms with Crippen molar-refractivity contribution in [2.45, 2.75) is 13.1 Å². The standard InChI is InChI=1S/C15H14F2N4OS/c16-14(17)11(6-18)7-21-15(22)20(9-19-21)8-12-5-10-3-1-2-4-13(10)23-12/h1-5,9H,6-8,18H2. The second-order valence-electron chi connectivity index (χ2n) is 5.02. The molecule has 1 aromatic carbocycles. The van der Waals surface area contributed by atoms with Crippen LogP contribution in [0.2, 0.25) is 0 Å². The number of benzene rings is 1. The van der Waals surface area contributed by atoms with Crippen molar-refractivity contribution in [2.75, 3.05) is 6.54 Å². The molecule has 0 saturated heterocycles. The van der Waals surface area contributed by atoms with Gasteiger partial charge in [-0.2, -0.15) is 13.9 Å². The van der Waals surface area contributed by atoms with Crippen molar-refractivity contribution in [3.63, 3.8) is 0 Å². The largest absolute Gasteiger partial charge is 0.346 e. The highest BCUT2D eigenvalue weighted by Gasteiger charge is 2.11. The van der Waals surface area contributed by atoms with Crippen molar-refractivity contribution in [3.05, 3.63) is 63.7 Å². The summed E-state index contributed by atoms with van der Waals surface area (Å²) in [5.41, 5.74) is 4.53. The molecule has 23 heavy (non-hydrogen) atoms. The molecule has 2 aromatic heterocycles. The normalized spacial score (nSPS) is 11.1. The molecule has 0 radical (unpaired) electrons. The fourth-order valence-corrected chi connectivity index (χ4v) is 3.32. The van der Waals surface area contributed by atoms with Crippen molar-refractivity contribution in [3.8, 4) is 0 Å². The van der Waals surface area contributed by atoms with Crippen molar-refractivity contribution >= 4 is 21.4 Å². The first-order valence-corrected chi connectivity index (χ1v) is 7.73. The molecule has 0 unspecified atom stereocenters. The van der Waals surface area contributed by atoms with Gasteiger partial charge < -0.3 is 5.73 Å². The highest BCUT2D eigenvalue weighted by atomic mass is 32.1. The van der Waals surface area contributed by atoms with Gasteiger partial charge in [0.25, 0.3) is 6.08 Å². The van der Waals surface area contributed by atoms with Crippen LogP contribution in [0.15, 0.2) is 53.1 Å². The summed E-state index contributed by atoms with van der Waals surface area (Å²) in [5, 5.41) is 5.00. The number of hydrogen-bond acceptors (Lipinski definition) is 4. The number of rotatable bonds is 5. The van der Waals surface area contributed by atoms with Crippen molar-refractivity contribution in [1.29, 1.82) is 0 Å². The van der Waals surface area contributed by atoms with Crippen LogP contribution in [0.4, 0.5) is 8.78 Å². The van der Waals surface area contributed by atoms with Crippen LogP contribution in [0.3, 0.4) is 0 Å². The predicted octanol–water partition coefficient (Wildman–Crippen LogP) is 2.42. The van der Waals surface area contributed by atoms with Gasteiger partial charge in [-0.3, -0.25) is 4.57 Å². The lowest BCUT2D eigenvalue weighted by molar-refractivity contribution is 0.400. The van der Waals surface area contributed by atoms with Gasteiger partial charge in [-0.05, 0) is 17.5 Å². The molecule has 0 amide bonds. The topological polar surface area (TPSA) is 65.8 Å². The average molecular weight is 336 g/mol. The monoisotopic (exact) mass is 336 g/mol. The molecule has 0 aliphatic heterocycles. The van der Waals surface area contributed by atoms with Crippen LogP contribution in [0.5, 0.6) is 0 Å². The number of fused-ring (bicyclic) bond motifs is 1. The van der Waals surface area contributed by atoms with E-state index in [1.54, 1.807) is 11.3 Å². The first-order chi connectivity index (χ1) is 11.1. The minimum Gasteiger partial charge on any atom is -0.327 e. The Kier molecular flexibility index (Phi) is 4.35. The molecule has 0 atom stereocenters. The van der Waals surface area contributed by atoms with Crippen LogP contribution < -0.4 is 11.4 Å². The van der Waals surface area contributed by atoms with E-state index in [0.717, 1.165) is 19.6 Å². The van der Waals surface area contributed by atoms with Gasteiger partial charge in [0.05, 0.1) is 13.1 Å². The number of nitrogens with two attached hydrogens (primary N) is 1. The van der Waals surface area contributed by atoms with E-state index in [0.29, 0.717) is 6.54 Å². The molecule has 0 saturated carbocycles. The smallest absolute Gasteiger partial charge is 0.327 e. The highest BCUT2D eigenvalue weighted by Crippen LogP contribution is 2.25. The molecule has 0 spiro atoms. The summed E-state index contributed by atoms with van der Waals surface area (Å²) in [6.07, 6.45) is -0.504. The molecule has 0 aliphatic carbocycles. The molecular weight excluding hydrogens is 322 g/mol. The zero-order chi connectivity index (χ0) is 16.4. The molecule has 120 valence electrons. The number of halogens is 2. The Bertz CT molecular complexity index is 888. The molecule has 0 bridgehead atoms. The lowest BCUT2D eigenvalue weighted by Gasteiger charge is -2.02. The van der Waals surface area contributed by atoms with Gasteiger partial charge in [0.2, 0.25) is 0 Å². The van der Waals surface area contributed by atoms with Crippen molar-refractivity contribution < 1.29 is 8.78 Å². The Morgan fingerprint density at radius 2 is 2.09 bits per heavy atom. The number of thiophene rings is 1. The van der Waals surface area contributed by atoms with E-state index in [-0.39, 0.29) is 18.7 Å². The summed E-state index contributed by atoms with van der Waals surface area (Å²) in [5.74, 6) is 0. The minimum atomic E-state index is -1.86. The summed E-state index contributed by atoms with van der Waals surface area (Å²) in [4.78, 5) is 13.2. The summed E-state index contributed by atoms with van der Waals surface area (Å²) in [7, 11) is 0. The molecule has 3 rings (SSSR count). The van der Waals surface area contributed by atoms with E-state index in [1.165, 1.54) is 10.9 Å². The van der Waals surface area contributed by atoms with Gasteiger partial charge in [-0.25, -0.2) is 9.48 Å². The van der Waals surface area contributed by atoms with Gasteiger partial charge >= 0.3 is 5.69 Å². The second kappa shape index (κ2) is 6.43. The van der Waals surface area contributed by atoms with E-state index < -0.39 is 11.8 Å². The fourth-order valence-electron chi connectivity index (χ4n) is 2.25. The van der Waals surface area contributed by atoms with Gasteiger partial charge in [-0.15, -0.1) is 11.3 Å². The Morgan fingerprint density at radius 1 is 1.30 bits per heavy atom. The quantitative estimate of drug-likeness (QED) is 0.778. The van der Waals surface area contributed by atoms with Crippen LogP contribution in [0, 0.1) is 0 Å². The number of nitrogens with zero attached hydrogens (tertiary/aromatic N) is 3. The first-order valence-electron chi connectivity index (χ1n) is 6.91. The maximum atomic E-state index is 12.6. The number of hydrogen-bond donors (Lipinski definition) is 1. The van der Waals surface area contributed by atoms with E-state index in [4.69, 9.17) is 5.73 Å². The molecule has 8 heteroatoms. The summed E-state index contributed by atoms with van der Waals surface area (Å²) < 4.78 is 28.8. The van der Waals surface area contributed by atoms with Gasteiger partial charge in [0, 0.05) is 21.7 Å². The minimum absolute atomic E-state index is 0.292. The molecular formula is C15H14F2N4OS. The van der Waals surface area contributed by atoms with Gasteiger partial charge in [0.1, 0.15) is 6.33 Å². The lowest BCUT2D eigenvalue weighted by atomic mass is 10.2. The zero-order valence-electron chi connectivity index (χ0n) is 12.1. The van der Waals surface area contributed by atoms with Crippen LogP contribution >= 0.6 is 11.3 Å². The predicted molar refractivity (Wildman–Crippen MR) is 85.7 cm³/mol. The highest BCUT2D eigenvalue weighted by molar-refractivity contribution is 7.19. The van der Waals surface area contributed by atoms with E-state index in [2.05, 4.69) is 5.10 Å². The van der Waals surface area contributed by atoms with Gasteiger partial charge in [0.15, 0.2) is 0 Å². The molecule has 3 aromatic rings. The maximum absolute atomic E-state index is 12.6. The van der Waals surface area contributed by atoms with Crippen molar-refractivity contribution in [2.24, 2.45) is 5.73 Å². The Morgan fingerprint density at radius 3 is 2.78 bits per heavy atom. The molecule has 0 fully saturated rings. The molecule has 5 nitrogen and oxygen atoms in total. The summed E-state index contributed by atoms with van der Waals surface area (Å²) >= 11 is 1.59. The van der Waals surface area contributed by atoms with Gasteiger partial charge in [-0.1, -0.05) is 18.2 Å². The third-order valence-electron chi connectivity index (χ3n) is 3.45. The first kappa shape index (κ1) is 15.6. The SMILES string of the molecule is NCC(Cn1ncn(Cc2cc3ccccc3s2)c1=O)=C(F)F. The average Bonchev–Trinajstić information content (AvgIpc) is 3.09. The van der Waals surface area contributed by atoms with Crippen LogP contribution in [-0.4, -0.2) is 20.9 Å². The van der Waals surface area contributed by atoms with Crippen LogP contribution in [-0.2, 0) is 13.1 Å². The zero-order valence-corrected chi connectivity index (χ0v) is 12.9. The molecule has 2 N–H and O–H groups in total. The van der Waals surface area contributed by atoms with E-state index in [1.807, 2.05) is 30.3 Å². The summed E-state index contributed by atoms with van der Waals surface area (Å²) in [6.45, 7) is -0.243. The lowest BCUT2D eigenvalue weighted by Crippen LogP contribution is -2.27. The molecule has 0 aliphatic rings. The van der Waals surface area contributed by atoms with Crippen molar-refractivity contribution in [1.82, 2.24) is 14.3 Å². The second-order valence-corrected chi connectivity index (χ2v) is 6.19. The van der Waals surface area contributed by atoms with E-state index in [9.17, 15) is 13.6 Å². The van der Waals surface area contributed by atoms with Crippen LogP contribution in [0.1, 0.15) is 4.88 Å². The third-order valence-corrected chi connectivity index (χ3v) is 4.55. The number of aromatic nitrogens is 3. The fraction of sp³-hybridized carbons (Fsp3) is 0.200. The Labute approximate surface area is 134 Å². The Hall–Kier alpha value is -2.32. The Balaban J connectivity index is 1.84. The maximum Gasteiger partial charge on any atom is 0.346 e. The molecule has 2 heterocycles. The third kappa shape index (κ3) is 3.22. The van der Waals surface area contributed by atoms with E-state index >= 15 is 0 Å².